The van der Waals surface area contributed by atoms with Gasteiger partial charge in [0, 0.05) is 18.6 Å². The molecule has 1 aromatic rings. The first-order valence-electron chi connectivity index (χ1n) is 8.91. The van der Waals surface area contributed by atoms with Gasteiger partial charge in [-0.3, -0.25) is 4.90 Å². The molecule has 3 rings (SSSR count). The van der Waals surface area contributed by atoms with Gasteiger partial charge in [0.2, 0.25) is 0 Å². The van der Waals surface area contributed by atoms with Crippen LogP contribution in [0.3, 0.4) is 0 Å². The number of fused-ring (bicyclic) bond motifs is 1. The third kappa shape index (κ3) is 3.67. The number of likely N-dealkylation sites (tertiary alicyclic amines) is 1. The zero-order valence-corrected chi connectivity index (χ0v) is 13.4. The Hall–Kier alpha value is -0.860. The number of nitrogens with one attached hydrogen (secondary N) is 1. The summed E-state index contributed by atoms with van der Waals surface area (Å²) in [7, 11) is 0. The van der Waals surface area contributed by atoms with Crippen LogP contribution < -0.4 is 5.32 Å². The maximum atomic E-state index is 3.77. The van der Waals surface area contributed by atoms with Crippen LogP contribution in [-0.4, -0.2) is 30.6 Å². The van der Waals surface area contributed by atoms with Crippen molar-refractivity contribution < 1.29 is 0 Å². The van der Waals surface area contributed by atoms with Crippen molar-refractivity contribution in [1.29, 1.82) is 0 Å². The molecule has 1 heterocycles. The molecule has 1 saturated heterocycles. The van der Waals surface area contributed by atoms with Crippen LogP contribution in [0.15, 0.2) is 30.3 Å². The zero-order valence-electron chi connectivity index (χ0n) is 13.4. The van der Waals surface area contributed by atoms with E-state index in [1.54, 1.807) is 0 Å². The van der Waals surface area contributed by atoms with Crippen molar-refractivity contribution >= 4 is 0 Å². The van der Waals surface area contributed by atoms with Crippen LogP contribution in [0.5, 0.6) is 0 Å². The molecule has 0 amide bonds. The minimum Gasteiger partial charge on any atom is -0.309 e. The topological polar surface area (TPSA) is 15.3 Å². The first kappa shape index (κ1) is 15.1. The molecule has 1 aromatic carbocycles. The van der Waals surface area contributed by atoms with Gasteiger partial charge in [0.25, 0.3) is 0 Å². The minimum atomic E-state index is 0.491. The van der Waals surface area contributed by atoms with E-state index in [0.29, 0.717) is 6.04 Å². The van der Waals surface area contributed by atoms with Gasteiger partial charge in [-0.1, -0.05) is 43.7 Å². The summed E-state index contributed by atoms with van der Waals surface area (Å²) >= 11 is 0. The summed E-state index contributed by atoms with van der Waals surface area (Å²) in [5.41, 5.74) is 1.45. The Kier molecular flexibility index (Phi) is 5.32. The van der Waals surface area contributed by atoms with Gasteiger partial charge in [0.15, 0.2) is 0 Å². The smallest absolute Gasteiger partial charge is 0.0449 e. The quantitative estimate of drug-likeness (QED) is 0.850. The molecular formula is C19H30N2. The summed E-state index contributed by atoms with van der Waals surface area (Å²) in [6.45, 7) is 5.86. The Morgan fingerprint density at radius 2 is 1.95 bits per heavy atom. The van der Waals surface area contributed by atoms with E-state index in [0.717, 1.165) is 18.5 Å². The van der Waals surface area contributed by atoms with E-state index in [4.69, 9.17) is 0 Å². The molecule has 116 valence electrons. The van der Waals surface area contributed by atoms with Gasteiger partial charge in [0.05, 0.1) is 0 Å². The molecule has 2 nitrogen and oxygen atoms in total. The average molecular weight is 286 g/mol. The molecule has 2 aliphatic rings. The lowest BCUT2D eigenvalue weighted by molar-refractivity contribution is 0.101. The van der Waals surface area contributed by atoms with Gasteiger partial charge in [-0.05, 0) is 56.7 Å². The Bertz CT molecular complexity index is 417. The highest BCUT2D eigenvalue weighted by molar-refractivity contribution is 5.19. The Morgan fingerprint density at radius 1 is 1.14 bits per heavy atom. The summed E-state index contributed by atoms with van der Waals surface area (Å²) in [4.78, 5) is 2.79. The van der Waals surface area contributed by atoms with Gasteiger partial charge < -0.3 is 5.32 Å². The molecule has 2 heteroatoms. The monoisotopic (exact) mass is 286 g/mol. The summed E-state index contributed by atoms with van der Waals surface area (Å²) in [5, 5.41) is 3.77. The Labute approximate surface area is 129 Å². The van der Waals surface area contributed by atoms with E-state index in [9.17, 15) is 0 Å². The number of rotatable bonds is 6. The maximum absolute atomic E-state index is 3.77. The van der Waals surface area contributed by atoms with Crippen LogP contribution in [0, 0.1) is 5.92 Å². The molecule has 1 N–H and O–H groups in total. The third-order valence-electron chi connectivity index (χ3n) is 5.37. The largest absolute Gasteiger partial charge is 0.309 e. The van der Waals surface area contributed by atoms with Crippen molar-refractivity contribution in [2.24, 2.45) is 5.92 Å². The lowest BCUT2D eigenvalue weighted by atomic mass is 9.91. The lowest BCUT2D eigenvalue weighted by Gasteiger charge is -2.40. The molecule has 0 aromatic heterocycles. The second-order valence-corrected chi connectivity index (χ2v) is 6.81. The molecule has 1 aliphatic heterocycles. The van der Waals surface area contributed by atoms with Crippen molar-refractivity contribution in [1.82, 2.24) is 10.2 Å². The van der Waals surface area contributed by atoms with Gasteiger partial charge >= 0.3 is 0 Å². The summed E-state index contributed by atoms with van der Waals surface area (Å²) < 4.78 is 0. The first-order valence-corrected chi connectivity index (χ1v) is 8.91. The van der Waals surface area contributed by atoms with Crippen molar-refractivity contribution in [2.75, 3.05) is 19.6 Å². The predicted octanol–water partition coefficient (Wildman–Crippen LogP) is 3.99. The van der Waals surface area contributed by atoms with Crippen LogP contribution in [0.1, 0.15) is 57.1 Å². The van der Waals surface area contributed by atoms with E-state index in [-0.39, 0.29) is 0 Å². The van der Waals surface area contributed by atoms with Crippen molar-refractivity contribution in [3.63, 3.8) is 0 Å². The molecule has 21 heavy (non-hydrogen) atoms. The van der Waals surface area contributed by atoms with Crippen LogP contribution in [0.2, 0.25) is 0 Å². The number of piperidine rings is 1. The van der Waals surface area contributed by atoms with E-state index < -0.39 is 0 Å². The van der Waals surface area contributed by atoms with E-state index in [1.807, 2.05) is 0 Å². The minimum absolute atomic E-state index is 0.491. The van der Waals surface area contributed by atoms with Gasteiger partial charge in [-0.15, -0.1) is 0 Å². The van der Waals surface area contributed by atoms with Crippen LogP contribution in [0.4, 0.5) is 0 Å². The first-order chi connectivity index (χ1) is 10.4. The SMILES string of the molecule is CCCNC(CN1CCCC2CCCC21)c1ccccc1. The van der Waals surface area contributed by atoms with Gasteiger partial charge in [-0.2, -0.15) is 0 Å². The highest BCUT2D eigenvalue weighted by atomic mass is 15.2. The number of hydrogen-bond acceptors (Lipinski definition) is 2. The molecule has 0 radical (unpaired) electrons. The zero-order chi connectivity index (χ0) is 14.5. The molecule has 2 fully saturated rings. The van der Waals surface area contributed by atoms with Crippen molar-refractivity contribution in [3.8, 4) is 0 Å². The molecule has 3 unspecified atom stereocenters. The van der Waals surface area contributed by atoms with Crippen LogP contribution in [0.25, 0.3) is 0 Å². The number of hydrogen-bond donors (Lipinski definition) is 1. The van der Waals surface area contributed by atoms with Crippen molar-refractivity contribution in [3.05, 3.63) is 35.9 Å². The maximum Gasteiger partial charge on any atom is 0.0449 e. The van der Waals surface area contributed by atoms with E-state index in [1.165, 1.54) is 57.2 Å². The molecular weight excluding hydrogens is 256 g/mol. The highest BCUT2D eigenvalue weighted by Gasteiger charge is 2.35. The fourth-order valence-electron chi connectivity index (χ4n) is 4.31. The van der Waals surface area contributed by atoms with Crippen LogP contribution in [-0.2, 0) is 0 Å². The number of nitrogens with zero attached hydrogens (tertiary/aromatic N) is 1. The summed E-state index contributed by atoms with van der Waals surface area (Å²) in [5.74, 6) is 0.987. The predicted molar refractivity (Wildman–Crippen MR) is 89.4 cm³/mol. The Morgan fingerprint density at radius 3 is 2.76 bits per heavy atom. The fraction of sp³-hybridized carbons (Fsp3) is 0.684. The molecule has 1 saturated carbocycles. The second-order valence-electron chi connectivity index (χ2n) is 6.81. The fourth-order valence-corrected chi connectivity index (χ4v) is 4.31. The number of benzene rings is 1. The lowest BCUT2D eigenvalue weighted by Crippen LogP contribution is -2.46. The Balaban J connectivity index is 1.68. The molecule has 3 atom stereocenters. The van der Waals surface area contributed by atoms with Gasteiger partial charge in [-0.25, -0.2) is 0 Å². The molecule has 0 spiro atoms. The van der Waals surface area contributed by atoms with E-state index in [2.05, 4.69) is 47.5 Å². The third-order valence-corrected chi connectivity index (χ3v) is 5.37. The molecule has 0 bridgehead atoms. The normalized spacial score (nSPS) is 27.5. The van der Waals surface area contributed by atoms with Crippen molar-refractivity contribution in [2.45, 2.75) is 57.5 Å². The summed E-state index contributed by atoms with van der Waals surface area (Å²) in [6.07, 6.45) is 8.43. The highest BCUT2D eigenvalue weighted by Crippen LogP contribution is 2.37. The molecule has 1 aliphatic carbocycles. The summed E-state index contributed by atoms with van der Waals surface area (Å²) in [6, 6.07) is 12.4. The second kappa shape index (κ2) is 7.42. The standard InChI is InChI=1S/C19H30N2/c1-2-13-20-18(16-8-4-3-5-9-16)15-21-14-7-11-17-10-6-12-19(17)21/h3-5,8-9,17-20H,2,6-7,10-15H2,1H3. The van der Waals surface area contributed by atoms with Gasteiger partial charge in [0.1, 0.15) is 0 Å². The average Bonchev–Trinajstić information content (AvgIpc) is 3.01. The van der Waals surface area contributed by atoms with Crippen LogP contribution >= 0.6 is 0 Å². The van der Waals surface area contributed by atoms with E-state index >= 15 is 0 Å².